The van der Waals surface area contributed by atoms with E-state index in [1.54, 1.807) is 6.21 Å². The van der Waals surface area contributed by atoms with Gasteiger partial charge >= 0.3 is 0 Å². The average molecular weight is 471 g/mol. The number of thioether (sulfide) groups is 1. The summed E-state index contributed by atoms with van der Waals surface area (Å²) >= 11 is 1.16. The molecule has 168 valence electrons. The number of benzene rings is 3. The van der Waals surface area contributed by atoms with Crippen LogP contribution in [-0.2, 0) is 4.79 Å². The van der Waals surface area contributed by atoms with E-state index >= 15 is 0 Å². The average Bonchev–Trinajstić information content (AvgIpc) is 3.40. The van der Waals surface area contributed by atoms with Crippen molar-refractivity contribution in [2.75, 3.05) is 0 Å². The first-order valence-electron chi connectivity index (χ1n) is 10.6. The highest BCUT2D eigenvalue weighted by molar-refractivity contribution is 8.15. The molecule has 1 fully saturated rings. The molecule has 1 aliphatic heterocycles. The van der Waals surface area contributed by atoms with Gasteiger partial charge in [0.05, 0.1) is 17.2 Å². The number of aromatic amines is 1. The minimum absolute atomic E-state index is 0.00846. The zero-order valence-corrected chi connectivity index (χ0v) is 18.7. The highest BCUT2D eigenvalue weighted by Crippen LogP contribution is 2.29. The van der Waals surface area contributed by atoms with Gasteiger partial charge in [0.2, 0.25) is 5.91 Å². The molecular weight excluding hydrogens is 451 g/mol. The molecule has 1 aromatic heterocycles. The fourth-order valence-corrected chi connectivity index (χ4v) is 4.70. The van der Waals surface area contributed by atoms with Crippen molar-refractivity contribution in [3.8, 4) is 11.3 Å². The summed E-state index contributed by atoms with van der Waals surface area (Å²) in [7, 11) is 0. The summed E-state index contributed by atoms with van der Waals surface area (Å²) in [6.07, 6.45) is 1.66. The fourth-order valence-electron chi connectivity index (χ4n) is 3.78. The van der Waals surface area contributed by atoms with E-state index in [-0.39, 0.29) is 18.1 Å². The van der Waals surface area contributed by atoms with Gasteiger partial charge in [-0.1, -0.05) is 60.3 Å². The molecule has 1 atom stereocenters. The molecule has 6 nitrogen and oxygen atoms in total. The zero-order chi connectivity index (χ0) is 23.5. The van der Waals surface area contributed by atoms with Crippen molar-refractivity contribution >= 4 is 45.7 Å². The number of Topliss-reactive ketones (excluding diaryl/α,β-unsaturated/α-hetero) is 1. The second-order valence-corrected chi connectivity index (χ2v) is 8.90. The van der Waals surface area contributed by atoms with E-state index in [0.717, 1.165) is 39.5 Å². The van der Waals surface area contributed by atoms with E-state index in [9.17, 15) is 14.0 Å². The molecule has 0 saturated carbocycles. The van der Waals surface area contributed by atoms with Crippen LogP contribution in [0, 0.1) is 5.82 Å². The SMILES string of the molecule is O=C(CC1S/C(=N/N=C/c2c(-c3ccccc3)[nH]c3ccccc23)NC1=O)c1ccc(F)cc1. The monoisotopic (exact) mass is 470 g/mol. The number of aromatic nitrogens is 1. The number of fused-ring (bicyclic) bond motifs is 1. The van der Waals surface area contributed by atoms with Crippen molar-refractivity contribution < 1.29 is 14.0 Å². The standard InChI is InChI=1S/C26H19FN4O2S/c27-18-12-10-16(11-13-18)22(32)14-23-25(33)30-26(34-23)31-28-15-20-19-8-4-5-9-21(19)29-24(20)17-6-2-1-3-7-17/h1-13,15,23,29H,14H2,(H,30,31,33)/b28-15+. The van der Waals surface area contributed by atoms with Gasteiger partial charge in [-0.2, -0.15) is 5.10 Å². The Morgan fingerprint density at radius 1 is 1.00 bits per heavy atom. The molecule has 2 heterocycles. The molecule has 0 radical (unpaired) electrons. The van der Waals surface area contributed by atoms with Gasteiger partial charge in [-0.25, -0.2) is 4.39 Å². The third-order valence-corrected chi connectivity index (χ3v) is 6.53. The minimum Gasteiger partial charge on any atom is -0.354 e. The number of hydrogen-bond acceptors (Lipinski definition) is 5. The van der Waals surface area contributed by atoms with Gasteiger partial charge in [0.15, 0.2) is 11.0 Å². The third kappa shape index (κ3) is 4.53. The topological polar surface area (TPSA) is 86.7 Å². The minimum atomic E-state index is -0.612. The number of rotatable bonds is 6. The van der Waals surface area contributed by atoms with Crippen LogP contribution >= 0.6 is 11.8 Å². The Morgan fingerprint density at radius 3 is 2.53 bits per heavy atom. The van der Waals surface area contributed by atoms with Crippen molar-refractivity contribution in [3.63, 3.8) is 0 Å². The number of nitrogens with one attached hydrogen (secondary N) is 2. The Bertz CT molecular complexity index is 1430. The van der Waals surface area contributed by atoms with E-state index in [1.165, 1.54) is 24.3 Å². The van der Waals surface area contributed by atoms with E-state index in [2.05, 4.69) is 20.5 Å². The second kappa shape index (κ2) is 9.44. The van der Waals surface area contributed by atoms with E-state index < -0.39 is 11.1 Å². The van der Waals surface area contributed by atoms with E-state index in [1.807, 2.05) is 54.6 Å². The van der Waals surface area contributed by atoms with Crippen LogP contribution in [0.1, 0.15) is 22.3 Å². The van der Waals surface area contributed by atoms with Crippen molar-refractivity contribution in [1.29, 1.82) is 0 Å². The summed E-state index contributed by atoms with van der Waals surface area (Å²) in [5.74, 6) is -0.947. The lowest BCUT2D eigenvalue weighted by molar-refractivity contribution is -0.118. The largest absolute Gasteiger partial charge is 0.354 e. The number of amidine groups is 1. The zero-order valence-electron chi connectivity index (χ0n) is 17.9. The number of para-hydroxylation sites is 1. The van der Waals surface area contributed by atoms with Gasteiger partial charge in [0.1, 0.15) is 5.82 Å². The van der Waals surface area contributed by atoms with E-state index in [0.29, 0.717) is 10.7 Å². The van der Waals surface area contributed by atoms with Crippen LogP contribution in [0.5, 0.6) is 0 Å². The molecule has 1 amide bonds. The summed E-state index contributed by atoms with van der Waals surface area (Å²) in [5, 5.41) is 11.8. The van der Waals surface area contributed by atoms with Crippen LogP contribution in [0.2, 0.25) is 0 Å². The molecule has 3 aromatic carbocycles. The predicted molar refractivity (Wildman–Crippen MR) is 134 cm³/mol. The molecule has 5 rings (SSSR count). The Kier molecular flexibility index (Phi) is 6.05. The van der Waals surface area contributed by atoms with Gasteiger partial charge < -0.3 is 10.3 Å². The summed E-state index contributed by atoms with van der Waals surface area (Å²) in [6.45, 7) is 0. The summed E-state index contributed by atoms with van der Waals surface area (Å²) in [4.78, 5) is 28.2. The molecular formula is C26H19FN4O2S. The number of hydrogen-bond donors (Lipinski definition) is 2. The lowest BCUT2D eigenvalue weighted by Crippen LogP contribution is -2.26. The quantitative estimate of drug-likeness (QED) is 0.232. The molecule has 0 bridgehead atoms. The maximum Gasteiger partial charge on any atom is 0.240 e. The van der Waals surface area contributed by atoms with Gasteiger partial charge in [0, 0.05) is 28.5 Å². The predicted octanol–water partition coefficient (Wildman–Crippen LogP) is 5.17. The molecule has 1 saturated heterocycles. The summed E-state index contributed by atoms with van der Waals surface area (Å²) in [6, 6.07) is 23.2. The number of ketones is 1. The van der Waals surface area contributed by atoms with Crippen molar-refractivity contribution in [2.45, 2.75) is 11.7 Å². The summed E-state index contributed by atoms with van der Waals surface area (Å²) in [5.41, 5.74) is 4.19. The number of halogens is 1. The Balaban J connectivity index is 1.34. The van der Waals surface area contributed by atoms with Crippen LogP contribution in [0.3, 0.4) is 0 Å². The smallest absolute Gasteiger partial charge is 0.240 e. The molecule has 8 heteroatoms. The fraction of sp³-hybridized carbons (Fsp3) is 0.0769. The molecule has 34 heavy (non-hydrogen) atoms. The van der Waals surface area contributed by atoms with Crippen molar-refractivity contribution in [3.05, 3.63) is 95.8 Å². The number of amides is 1. The lowest BCUT2D eigenvalue weighted by atomic mass is 10.1. The number of carbonyl (C=O) groups excluding carboxylic acids is 2. The number of carbonyl (C=O) groups is 2. The third-order valence-electron chi connectivity index (χ3n) is 5.46. The highest BCUT2D eigenvalue weighted by Gasteiger charge is 2.32. The van der Waals surface area contributed by atoms with Crippen molar-refractivity contribution in [2.24, 2.45) is 10.2 Å². The van der Waals surface area contributed by atoms with Gasteiger partial charge in [-0.3, -0.25) is 9.59 Å². The molecule has 1 aliphatic rings. The van der Waals surface area contributed by atoms with Gasteiger partial charge in [-0.05, 0) is 35.9 Å². The first kappa shape index (κ1) is 21.8. The normalized spacial score (nSPS) is 17.0. The van der Waals surface area contributed by atoms with Crippen LogP contribution in [0.15, 0.2) is 89.1 Å². The Morgan fingerprint density at radius 2 is 1.74 bits per heavy atom. The number of H-pyrrole nitrogens is 1. The first-order valence-corrected chi connectivity index (χ1v) is 11.5. The van der Waals surface area contributed by atoms with Gasteiger partial charge in [0.25, 0.3) is 0 Å². The highest BCUT2D eigenvalue weighted by atomic mass is 32.2. The van der Waals surface area contributed by atoms with Crippen LogP contribution in [0.25, 0.3) is 22.2 Å². The molecule has 2 N–H and O–H groups in total. The molecule has 0 spiro atoms. The van der Waals surface area contributed by atoms with E-state index in [4.69, 9.17) is 0 Å². The summed E-state index contributed by atoms with van der Waals surface area (Å²) < 4.78 is 13.1. The van der Waals surface area contributed by atoms with Crippen LogP contribution in [0.4, 0.5) is 4.39 Å². The Labute approximate surface area is 199 Å². The first-order chi connectivity index (χ1) is 16.6. The van der Waals surface area contributed by atoms with Crippen LogP contribution < -0.4 is 5.32 Å². The lowest BCUT2D eigenvalue weighted by Gasteiger charge is -2.04. The Hall–Kier alpha value is -4.04. The molecule has 1 unspecified atom stereocenters. The van der Waals surface area contributed by atoms with Crippen molar-refractivity contribution in [1.82, 2.24) is 10.3 Å². The second-order valence-electron chi connectivity index (χ2n) is 7.70. The maximum absolute atomic E-state index is 13.1. The van der Waals surface area contributed by atoms with Gasteiger partial charge in [-0.15, -0.1) is 5.10 Å². The molecule has 4 aromatic rings. The molecule has 0 aliphatic carbocycles. The van der Waals surface area contributed by atoms with Crippen LogP contribution in [-0.4, -0.2) is 33.3 Å². The number of nitrogens with zero attached hydrogens (tertiary/aromatic N) is 2. The maximum atomic E-state index is 13.1.